The van der Waals surface area contributed by atoms with E-state index in [1.54, 1.807) is 0 Å². The summed E-state index contributed by atoms with van der Waals surface area (Å²) in [6, 6.07) is 0.873. The Labute approximate surface area is 76.2 Å². The fraction of sp³-hybridized carbons (Fsp3) is 0.200. The Morgan fingerprint density at radius 3 is 2.33 bits per heavy atom. The molecule has 1 aromatic rings. The van der Waals surface area contributed by atoms with Crippen LogP contribution in [0.15, 0.2) is 16.3 Å². The average molecular weight is 233 g/mol. The Morgan fingerprint density at radius 2 is 2.08 bits per heavy atom. The minimum Gasteiger partial charge on any atom is -0.207 e. The van der Waals surface area contributed by atoms with Gasteiger partial charge in [0.05, 0.1) is 9.77 Å². The van der Waals surface area contributed by atoms with Crippen molar-refractivity contribution in [2.75, 3.05) is 0 Å². The topological polar surface area (TPSA) is 34.1 Å². The lowest BCUT2D eigenvalue weighted by molar-refractivity contribution is 0.155. The van der Waals surface area contributed by atoms with Gasteiger partial charge in [0.25, 0.3) is 15.5 Å². The first-order chi connectivity index (χ1) is 5.41. The van der Waals surface area contributed by atoms with E-state index < -0.39 is 15.5 Å². The standard InChI is InChI=1S/C5H3ClF2O2S2/c6-12(9,10)3-1-4(5(7)8)11-2-3/h1-2,5H. The Balaban J connectivity index is 3.09. The van der Waals surface area contributed by atoms with E-state index in [4.69, 9.17) is 10.7 Å². The summed E-state index contributed by atoms with van der Waals surface area (Å²) in [5.41, 5.74) is 0. The van der Waals surface area contributed by atoms with Gasteiger partial charge < -0.3 is 0 Å². The molecule has 68 valence electrons. The van der Waals surface area contributed by atoms with Crippen molar-refractivity contribution in [1.29, 1.82) is 0 Å². The molecule has 0 bridgehead atoms. The number of alkyl halides is 2. The zero-order chi connectivity index (χ0) is 9.35. The first-order valence-electron chi connectivity index (χ1n) is 2.72. The molecule has 0 aromatic carbocycles. The van der Waals surface area contributed by atoms with Crippen molar-refractivity contribution in [3.8, 4) is 0 Å². The van der Waals surface area contributed by atoms with E-state index in [2.05, 4.69) is 0 Å². The van der Waals surface area contributed by atoms with E-state index >= 15 is 0 Å². The van der Waals surface area contributed by atoms with Crippen LogP contribution in [0.4, 0.5) is 8.78 Å². The number of halogens is 3. The lowest BCUT2D eigenvalue weighted by Crippen LogP contribution is -1.86. The third-order valence-corrected chi connectivity index (χ3v) is 3.51. The third-order valence-electron chi connectivity index (χ3n) is 1.09. The zero-order valence-electron chi connectivity index (χ0n) is 5.50. The molecule has 0 N–H and O–H groups in total. The van der Waals surface area contributed by atoms with Gasteiger partial charge in [-0.3, -0.25) is 0 Å². The number of rotatable bonds is 2. The first kappa shape index (κ1) is 9.88. The van der Waals surface area contributed by atoms with Crippen LogP contribution in [0.3, 0.4) is 0 Å². The summed E-state index contributed by atoms with van der Waals surface area (Å²) in [5, 5.41) is 1.09. The fourth-order valence-corrected chi connectivity index (χ4v) is 2.60. The van der Waals surface area contributed by atoms with Crippen molar-refractivity contribution >= 4 is 31.1 Å². The van der Waals surface area contributed by atoms with Gasteiger partial charge in [0.1, 0.15) is 0 Å². The SMILES string of the molecule is O=S(=O)(Cl)c1csc(C(F)F)c1. The Hall–Kier alpha value is -0.200. The molecular formula is C5H3ClF2O2S2. The van der Waals surface area contributed by atoms with E-state index in [1.807, 2.05) is 0 Å². The highest BCUT2D eigenvalue weighted by Gasteiger charge is 2.16. The van der Waals surface area contributed by atoms with Gasteiger partial charge in [0.15, 0.2) is 0 Å². The van der Waals surface area contributed by atoms with E-state index in [1.165, 1.54) is 0 Å². The van der Waals surface area contributed by atoms with Crippen molar-refractivity contribution in [1.82, 2.24) is 0 Å². The number of hydrogen-bond donors (Lipinski definition) is 0. The highest BCUT2D eigenvalue weighted by Crippen LogP contribution is 2.29. The van der Waals surface area contributed by atoms with E-state index in [9.17, 15) is 17.2 Å². The van der Waals surface area contributed by atoms with Crippen molar-refractivity contribution in [2.24, 2.45) is 0 Å². The Kier molecular flexibility index (Phi) is 2.70. The second-order valence-electron chi connectivity index (χ2n) is 1.92. The molecule has 7 heteroatoms. The summed E-state index contributed by atoms with van der Waals surface area (Å²) < 4.78 is 45.1. The summed E-state index contributed by atoms with van der Waals surface area (Å²) in [7, 11) is 1.04. The van der Waals surface area contributed by atoms with Crippen LogP contribution in [-0.4, -0.2) is 8.42 Å². The molecule has 2 nitrogen and oxygen atoms in total. The number of hydrogen-bond acceptors (Lipinski definition) is 3. The molecule has 0 aliphatic carbocycles. The van der Waals surface area contributed by atoms with Crippen molar-refractivity contribution in [3.63, 3.8) is 0 Å². The maximum absolute atomic E-state index is 11.9. The normalized spacial score (nSPS) is 12.3. The number of thiophene rings is 1. The molecular weight excluding hydrogens is 230 g/mol. The minimum absolute atomic E-state index is 0.274. The monoisotopic (exact) mass is 232 g/mol. The molecule has 12 heavy (non-hydrogen) atoms. The van der Waals surface area contributed by atoms with Crippen LogP contribution in [-0.2, 0) is 9.05 Å². The van der Waals surface area contributed by atoms with Gasteiger partial charge in [-0.05, 0) is 6.07 Å². The molecule has 1 heterocycles. The quantitative estimate of drug-likeness (QED) is 0.735. The Bertz CT molecular complexity index is 371. The molecule has 0 radical (unpaired) electrons. The van der Waals surface area contributed by atoms with Gasteiger partial charge in [-0.25, -0.2) is 17.2 Å². The van der Waals surface area contributed by atoms with Gasteiger partial charge in [-0.15, -0.1) is 11.3 Å². The van der Waals surface area contributed by atoms with Gasteiger partial charge >= 0.3 is 0 Å². The lowest BCUT2D eigenvalue weighted by atomic mass is 10.5. The molecule has 0 fully saturated rings. The van der Waals surface area contributed by atoms with Crippen LogP contribution in [0.5, 0.6) is 0 Å². The van der Waals surface area contributed by atoms with E-state index in [0.29, 0.717) is 11.3 Å². The molecule has 0 unspecified atom stereocenters. The summed E-state index contributed by atoms with van der Waals surface area (Å²) in [5.74, 6) is 0. The minimum atomic E-state index is -3.87. The third kappa shape index (κ3) is 2.15. The van der Waals surface area contributed by atoms with Gasteiger partial charge in [-0.2, -0.15) is 0 Å². The van der Waals surface area contributed by atoms with Gasteiger partial charge in [0.2, 0.25) is 0 Å². The maximum Gasteiger partial charge on any atom is 0.272 e. The molecule has 0 saturated heterocycles. The lowest BCUT2D eigenvalue weighted by Gasteiger charge is -1.89. The van der Waals surface area contributed by atoms with Crippen molar-refractivity contribution in [3.05, 3.63) is 16.3 Å². The molecule has 0 atom stereocenters. The highest BCUT2D eigenvalue weighted by molar-refractivity contribution is 8.13. The van der Waals surface area contributed by atoms with Crippen molar-refractivity contribution in [2.45, 2.75) is 11.3 Å². The summed E-state index contributed by atoms with van der Waals surface area (Å²) in [6.45, 7) is 0. The van der Waals surface area contributed by atoms with Crippen LogP contribution in [0, 0.1) is 0 Å². The maximum atomic E-state index is 11.9. The van der Waals surface area contributed by atoms with Crippen LogP contribution >= 0.6 is 22.0 Å². The predicted octanol–water partition coefficient (Wildman–Crippen LogP) is 2.61. The van der Waals surface area contributed by atoms with Crippen molar-refractivity contribution < 1.29 is 17.2 Å². The Morgan fingerprint density at radius 1 is 1.50 bits per heavy atom. The van der Waals surface area contributed by atoms with Crippen LogP contribution < -0.4 is 0 Å². The summed E-state index contributed by atoms with van der Waals surface area (Å²) >= 11 is 0.671. The van der Waals surface area contributed by atoms with E-state index in [-0.39, 0.29) is 9.77 Å². The highest BCUT2D eigenvalue weighted by atomic mass is 35.7. The summed E-state index contributed by atoms with van der Waals surface area (Å²) in [6.07, 6.45) is -2.65. The molecule has 0 saturated carbocycles. The zero-order valence-corrected chi connectivity index (χ0v) is 7.89. The van der Waals surface area contributed by atoms with Crippen LogP contribution in [0.1, 0.15) is 11.3 Å². The molecule has 0 aliphatic rings. The largest absolute Gasteiger partial charge is 0.272 e. The fourth-order valence-electron chi connectivity index (χ4n) is 0.577. The smallest absolute Gasteiger partial charge is 0.207 e. The molecule has 0 aliphatic heterocycles. The second-order valence-corrected chi connectivity index (χ2v) is 5.43. The summed E-state index contributed by atoms with van der Waals surface area (Å²) in [4.78, 5) is -0.571. The van der Waals surface area contributed by atoms with Gasteiger partial charge in [0, 0.05) is 16.1 Å². The molecule has 0 amide bonds. The molecule has 1 aromatic heterocycles. The average Bonchev–Trinajstić information content (AvgIpc) is 2.30. The first-order valence-corrected chi connectivity index (χ1v) is 5.91. The van der Waals surface area contributed by atoms with Gasteiger partial charge in [-0.1, -0.05) is 0 Å². The molecule has 1 rings (SSSR count). The second kappa shape index (κ2) is 3.27. The van der Waals surface area contributed by atoms with Crippen LogP contribution in [0.2, 0.25) is 0 Å². The van der Waals surface area contributed by atoms with Crippen LogP contribution in [0.25, 0.3) is 0 Å². The van der Waals surface area contributed by atoms with E-state index in [0.717, 1.165) is 11.4 Å². The molecule has 0 spiro atoms. The predicted molar refractivity (Wildman–Crippen MR) is 42.3 cm³/mol.